The molecule has 0 atom stereocenters. The molecule has 1 aliphatic heterocycles. The van der Waals surface area contributed by atoms with E-state index in [9.17, 15) is 9.18 Å². The van der Waals surface area contributed by atoms with Crippen molar-refractivity contribution in [3.63, 3.8) is 0 Å². The Labute approximate surface area is 106 Å². The van der Waals surface area contributed by atoms with Gasteiger partial charge in [0.05, 0.1) is 13.2 Å². The molecule has 2 rings (SSSR count). The first-order chi connectivity index (χ1) is 8.69. The van der Waals surface area contributed by atoms with E-state index in [0.717, 1.165) is 13.1 Å². The van der Waals surface area contributed by atoms with Gasteiger partial charge < -0.3 is 15.0 Å². The van der Waals surface area contributed by atoms with Gasteiger partial charge in [0.2, 0.25) is 0 Å². The summed E-state index contributed by atoms with van der Waals surface area (Å²) in [4.78, 5) is 14.1. The average molecular weight is 252 g/mol. The maximum atomic E-state index is 13.8. The van der Waals surface area contributed by atoms with Crippen molar-refractivity contribution in [3.05, 3.63) is 29.6 Å². The number of benzene rings is 1. The van der Waals surface area contributed by atoms with Gasteiger partial charge in [0.15, 0.2) is 0 Å². The summed E-state index contributed by atoms with van der Waals surface area (Å²) in [5.41, 5.74) is 0.0220. The Morgan fingerprint density at radius 3 is 2.78 bits per heavy atom. The van der Waals surface area contributed by atoms with Crippen LogP contribution in [-0.4, -0.2) is 43.6 Å². The minimum Gasteiger partial charge on any atom is -0.496 e. The standard InChI is InChI=1S/C13H17FN2O2/c1-3-16(9-7-15-8-9)13(17)12-10(14)5-4-6-11(12)18-2/h4-6,9,15H,3,7-8H2,1-2H3. The summed E-state index contributed by atoms with van der Waals surface area (Å²) < 4.78 is 18.9. The number of likely N-dealkylation sites (N-methyl/N-ethyl adjacent to an activating group) is 1. The van der Waals surface area contributed by atoms with Gasteiger partial charge in [0.25, 0.3) is 5.91 Å². The van der Waals surface area contributed by atoms with Crippen LogP contribution in [0.4, 0.5) is 4.39 Å². The first kappa shape index (κ1) is 12.8. The maximum Gasteiger partial charge on any atom is 0.260 e. The Morgan fingerprint density at radius 1 is 1.56 bits per heavy atom. The van der Waals surface area contributed by atoms with Crippen LogP contribution in [0.15, 0.2) is 18.2 Å². The fourth-order valence-electron chi connectivity index (χ4n) is 2.09. The van der Waals surface area contributed by atoms with Gasteiger partial charge in [0.1, 0.15) is 17.1 Å². The topological polar surface area (TPSA) is 41.6 Å². The number of nitrogens with one attached hydrogen (secondary N) is 1. The van der Waals surface area contributed by atoms with E-state index in [1.807, 2.05) is 6.92 Å². The van der Waals surface area contributed by atoms with Crippen LogP contribution < -0.4 is 10.1 Å². The summed E-state index contributed by atoms with van der Waals surface area (Å²) in [7, 11) is 1.44. The molecule has 0 aromatic heterocycles. The van der Waals surface area contributed by atoms with Crippen LogP contribution >= 0.6 is 0 Å². The van der Waals surface area contributed by atoms with Crippen molar-refractivity contribution in [1.82, 2.24) is 10.2 Å². The van der Waals surface area contributed by atoms with E-state index in [1.54, 1.807) is 11.0 Å². The SMILES string of the molecule is CCN(C(=O)c1c(F)cccc1OC)C1CNC1. The number of methoxy groups -OCH3 is 1. The summed E-state index contributed by atoms with van der Waals surface area (Å²) in [6, 6.07) is 4.56. The highest BCUT2D eigenvalue weighted by molar-refractivity contribution is 5.97. The highest BCUT2D eigenvalue weighted by Gasteiger charge is 2.30. The molecular formula is C13H17FN2O2. The number of carbonyl (C=O) groups is 1. The molecule has 0 saturated carbocycles. The Hall–Kier alpha value is -1.62. The van der Waals surface area contributed by atoms with Gasteiger partial charge in [-0.25, -0.2) is 4.39 Å². The molecule has 0 radical (unpaired) electrons. The molecule has 18 heavy (non-hydrogen) atoms. The molecule has 1 aromatic carbocycles. The van der Waals surface area contributed by atoms with Crippen molar-refractivity contribution in [2.75, 3.05) is 26.7 Å². The number of hydrogen-bond donors (Lipinski definition) is 1. The van der Waals surface area contributed by atoms with Crippen LogP contribution in [-0.2, 0) is 0 Å². The number of carbonyl (C=O) groups excluding carboxylic acids is 1. The second-order valence-corrected chi connectivity index (χ2v) is 4.22. The van der Waals surface area contributed by atoms with E-state index >= 15 is 0 Å². The summed E-state index contributed by atoms with van der Waals surface area (Å²) in [6.45, 7) is 3.97. The second-order valence-electron chi connectivity index (χ2n) is 4.22. The molecule has 0 unspecified atom stereocenters. The molecule has 5 heteroatoms. The fraction of sp³-hybridized carbons (Fsp3) is 0.462. The molecule has 1 saturated heterocycles. The quantitative estimate of drug-likeness (QED) is 0.877. The predicted octanol–water partition coefficient (Wildman–Crippen LogP) is 1.27. The van der Waals surface area contributed by atoms with Gasteiger partial charge in [-0.15, -0.1) is 0 Å². The van der Waals surface area contributed by atoms with Crippen LogP contribution in [0.5, 0.6) is 5.75 Å². The normalized spacial score (nSPS) is 15.1. The Kier molecular flexibility index (Phi) is 3.81. The van der Waals surface area contributed by atoms with E-state index in [1.165, 1.54) is 19.2 Å². The highest BCUT2D eigenvalue weighted by atomic mass is 19.1. The maximum absolute atomic E-state index is 13.8. The molecule has 1 fully saturated rings. The van der Waals surface area contributed by atoms with Gasteiger partial charge in [-0.05, 0) is 19.1 Å². The highest BCUT2D eigenvalue weighted by Crippen LogP contribution is 2.24. The van der Waals surface area contributed by atoms with Gasteiger partial charge in [0, 0.05) is 19.6 Å². The number of amides is 1. The van der Waals surface area contributed by atoms with Gasteiger partial charge in [-0.1, -0.05) is 6.07 Å². The van der Waals surface area contributed by atoms with Crippen LogP contribution in [0, 0.1) is 5.82 Å². The Bertz CT molecular complexity index is 447. The molecule has 1 N–H and O–H groups in total. The Morgan fingerprint density at radius 2 is 2.28 bits per heavy atom. The summed E-state index contributed by atoms with van der Waals surface area (Å²) in [6.07, 6.45) is 0. The van der Waals surface area contributed by atoms with Crippen molar-refractivity contribution in [2.24, 2.45) is 0 Å². The lowest BCUT2D eigenvalue weighted by molar-refractivity contribution is 0.0622. The molecule has 0 aliphatic carbocycles. The van der Waals surface area contributed by atoms with E-state index < -0.39 is 5.82 Å². The fourth-order valence-corrected chi connectivity index (χ4v) is 2.09. The number of hydrogen-bond acceptors (Lipinski definition) is 3. The van der Waals surface area contributed by atoms with Gasteiger partial charge in [-0.3, -0.25) is 4.79 Å². The first-order valence-corrected chi connectivity index (χ1v) is 6.03. The molecule has 4 nitrogen and oxygen atoms in total. The van der Waals surface area contributed by atoms with Gasteiger partial charge >= 0.3 is 0 Å². The van der Waals surface area contributed by atoms with Crippen molar-refractivity contribution in [2.45, 2.75) is 13.0 Å². The molecule has 1 aliphatic rings. The number of halogens is 1. The minimum absolute atomic E-state index is 0.0220. The lowest BCUT2D eigenvalue weighted by Crippen LogP contribution is -2.58. The molecule has 1 amide bonds. The van der Waals surface area contributed by atoms with Crippen molar-refractivity contribution >= 4 is 5.91 Å². The molecule has 1 aromatic rings. The largest absolute Gasteiger partial charge is 0.496 e. The molecule has 1 heterocycles. The zero-order chi connectivity index (χ0) is 13.1. The minimum atomic E-state index is -0.537. The van der Waals surface area contributed by atoms with Crippen molar-refractivity contribution < 1.29 is 13.9 Å². The van der Waals surface area contributed by atoms with Crippen LogP contribution in [0.1, 0.15) is 17.3 Å². The lowest BCUT2D eigenvalue weighted by Gasteiger charge is -2.37. The summed E-state index contributed by atoms with van der Waals surface area (Å²) >= 11 is 0. The van der Waals surface area contributed by atoms with E-state index in [-0.39, 0.29) is 23.3 Å². The van der Waals surface area contributed by atoms with Crippen molar-refractivity contribution in [1.29, 1.82) is 0 Å². The lowest BCUT2D eigenvalue weighted by atomic mass is 10.1. The summed E-state index contributed by atoms with van der Waals surface area (Å²) in [5.74, 6) is -0.560. The smallest absolute Gasteiger partial charge is 0.260 e. The monoisotopic (exact) mass is 252 g/mol. The number of ether oxygens (including phenoxy) is 1. The van der Waals surface area contributed by atoms with E-state index in [2.05, 4.69) is 5.32 Å². The van der Waals surface area contributed by atoms with E-state index in [4.69, 9.17) is 4.74 Å². The third-order valence-electron chi connectivity index (χ3n) is 3.21. The van der Waals surface area contributed by atoms with Crippen LogP contribution in [0.3, 0.4) is 0 Å². The molecular weight excluding hydrogens is 235 g/mol. The zero-order valence-corrected chi connectivity index (χ0v) is 10.6. The first-order valence-electron chi connectivity index (χ1n) is 6.03. The second kappa shape index (κ2) is 5.35. The van der Waals surface area contributed by atoms with Gasteiger partial charge in [-0.2, -0.15) is 0 Å². The molecule has 98 valence electrons. The third kappa shape index (κ3) is 2.18. The molecule has 0 bridgehead atoms. The average Bonchev–Trinajstić information content (AvgIpc) is 2.32. The Balaban J connectivity index is 2.31. The van der Waals surface area contributed by atoms with E-state index in [0.29, 0.717) is 6.54 Å². The predicted molar refractivity (Wildman–Crippen MR) is 66.3 cm³/mol. The van der Waals surface area contributed by atoms with Crippen molar-refractivity contribution in [3.8, 4) is 5.75 Å². The number of rotatable bonds is 4. The zero-order valence-electron chi connectivity index (χ0n) is 10.6. The summed E-state index contributed by atoms with van der Waals surface area (Å²) in [5, 5.41) is 3.11. The van der Waals surface area contributed by atoms with Crippen LogP contribution in [0.2, 0.25) is 0 Å². The molecule has 0 spiro atoms. The van der Waals surface area contributed by atoms with Crippen LogP contribution in [0.25, 0.3) is 0 Å². The number of nitrogens with zero attached hydrogens (tertiary/aromatic N) is 1. The third-order valence-corrected chi connectivity index (χ3v) is 3.21.